The number of fused-ring (bicyclic) bond motifs is 1. The van der Waals surface area contributed by atoms with Crippen LogP contribution in [0.25, 0.3) is 0 Å². The zero-order valence-corrected chi connectivity index (χ0v) is 27.9. The number of hydrogen-bond acceptors (Lipinski definition) is 12. The maximum absolute atomic E-state index is 6.67. The SMILES string of the molecule is C=C[Si]12CO[Si]3(C=C)O[Si]4(C=C)O[Si](C=C)(O1)O[Si]1(C=C)O[Si](C=C)(O2)O[Si](C=C)(O3)O[Si](C=C)(O4)O1. The highest BCUT2D eigenvalue weighted by molar-refractivity contribution is 7.06. The molecule has 6 fully saturated rings. The zero-order valence-electron chi connectivity index (χ0n) is 19.9. The molecule has 0 radical (unpaired) electrons. The highest BCUT2D eigenvalue weighted by Crippen LogP contribution is 2.47. The van der Waals surface area contributed by atoms with Crippen molar-refractivity contribution < 1.29 is 49.7 Å². The average Bonchev–Trinajstić information content (AvgIpc) is 2.96. The van der Waals surface area contributed by atoms with Crippen LogP contribution in [-0.4, -0.2) is 76.4 Å². The van der Waals surface area contributed by atoms with Crippen molar-refractivity contribution in [2.24, 2.45) is 0 Å². The van der Waals surface area contributed by atoms with Crippen molar-refractivity contribution in [1.82, 2.24) is 0 Å². The lowest BCUT2D eigenvalue weighted by atomic mass is 11.3. The third-order valence-electron chi connectivity index (χ3n) is 5.73. The minimum Gasteiger partial charge on any atom is -0.387 e. The second-order valence-corrected chi connectivity index (χ2v) is 31.0. The molecule has 0 spiro atoms. The van der Waals surface area contributed by atoms with E-state index in [1.807, 2.05) is 0 Å². The van der Waals surface area contributed by atoms with E-state index in [0.717, 1.165) is 0 Å². The Labute approximate surface area is 223 Å². The molecule has 0 saturated carbocycles. The van der Waals surface area contributed by atoms with Gasteiger partial charge in [0.05, 0.1) is 6.23 Å². The molecule has 0 aromatic rings. The molecule has 0 aliphatic carbocycles. The Hall–Kier alpha value is -0.825. The van der Waals surface area contributed by atoms with Crippen LogP contribution in [0.1, 0.15) is 0 Å². The van der Waals surface area contributed by atoms with Crippen LogP contribution in [0.15, 0.2) is 98.2 Å². The Bertz CT molecular complexity index is 986. The van der Waals surface area contributed by atoms with Gasteiger partial charge < -0.3 is 49.7 Å². The van der Waals surface area contributed by atoms with E-state index in [1.54, 1.807) is 0 Å². The Morgan fingerprint density at radius 1 is 0.324 bits per heavy atom. The van der Waals surface area contributed by atoms with Crippen molar-refractivity contribution >= 4 is 70.2 Å². The Morgan fingerprint density at radius 3 is 0.811 bits per heavy atom. The highest BCUT2D eigenvalue weighted by atomic mass is 28.6. The molecule has 0 aromatic carbocycles. The van der Waals surface area contributed by atoms with Crippen molar-refractivity contribution in [3.63, 3.8) is 0 Å². The predicted octanol–water partition coefficient (Wildman–Crippen LogP) is 1.61. The highest BCUT2D eigenvalue weighted by Gasteiger charge is 2.79. The maximum atomic E-state index is 6.67. The fourth-order valence-corrected chi connectivity index (χ4v) is 43.1. The van der Waals surface area contributed by atoms with Crippen molar-refractivity contribution in [2.75, 3.05) is 6.23 Å². The summed E-state index contributed by atoms with van der Waals surface area (Å²) < 4.78 is 79.0. The summed E-state index contributed by atoms with van der Waals surface area (Å²) in [5.74, 6) is 0. The molecular formula is C17H26O12Si8. The molecule has 8 bridgehead atoms. The first kappa shape index (κ1) is 27.7. The third kappa shape index (κ3) is 4.19. The number of hydrogen-bond donors (Lipinski definition) is 0. The van der Waals surface area contributed by atoms with Crippen molar-refractivity contribution in [3.05, 3.63) is 98.2 Å². The van der Waals surface area contributed by atoms with Gasteiger partial charge in [0.25, 0.3) is 0 Å². The van der Waals surface area contributed by atoms with Gasteiger partial charge in [-0.1, -0.05) is 6.58 Å². The number of rotatable bonds is 8. The molecule has 4 unspecified atom stereocenters. The van der Waals surface area contributed by atoms with Gasteiger partial charge in [0.15, 0.2) is 0 Å². The Kier molecular flexibility index (Phi) is 6.62. The van der Waals surface area contributed by atoms with Crippen LogP contribution in [0.3, 0.4) is 0 Å². The van der Waals surface area contributed by atoms with Crippen LogP contribution >= 0.6 is 0 Å². The van der Waals surface area contributed by atoms with E-state index in [9.17, 15) is 0 Å². The summed E-state index contributed by atoms with van der Waals surface area (Å²) >= 11 is 0. The molecule has 12 nitrogen and oxygen atoms in total. The van der Waals surface area contributed by atoms with Gasteiger partial charge in [0, 0.05) is 0 Å². The minimum atomic E-state index is -4.13. The van der Waals surface area contributed by atoms with Crippen LogP contribution in [-0.2, 0) is 49.7 Å². The van der Waals surface area contributed by atoms with E-state index in [4.69, 9.17) is 49.7 Å². The average molecular weight is 647 g/mol. The van der Waals surface area contributed by atoms with Crippen LogP contribution in [0.2, 0.25) is 0 Å². The fraction of sp³-hybridized carbons (Fsp3) is 0.0588. The van der Waals surface area contributed by atoms with Crippen molar-refractivity contribution in [3.8, 4) is 0 Å². The van der Waals surface area contributed by atoms with E-state index < -0.39 is 70.2 Å². The second-order valence-electron chi connectivity index (χ2n) is 8.08. The Morgan fingerprint density at radius 2 is 0.568 bits per heavy atom. The molecule has 6 aliphatic rings. The van der Waals surface area contributed by atoms with Gasteiger partial charge in [-0.3, -0.25) is 0 Å². The lowest BCUT2D eigenvalue weighted by Crippen LogP contribution is -2.83. The lowest BCUT2D eigenvalue weighted by Gasteiger charge is -2.56. The van der Waals surface area contributed by atoms with Gasteiger partial charge in [-0.25, -0.2) is 0 Å². The molecule has 0 aromatic heterocycles. The lowest BCUT2D eigenvalue weighted by molar-refractivity contribution is 0.0286. The largest absolute Gasteiger partial charge is 0.514 e. The van der Waals surface area contributed by atoms with Gasteiger partial charge in [-0.2, -0.15) is 0 Å². The zero-order chi connectivity index (χ0) is 26.8. The van der Waals surface area contributed by atoms with E-state index >= 15 is 0 Å². The van der Waals surface area contributed by atoms with E-state index in [-0.39, 0.29) is 6.23 Å². The van der Waals surface area contributed by atoms with Gasteiger partial charge in [-0.05, 0) is 45.6 Å². The maximum Gasteiger partial charge on any atom is 0.514 e. The molecule has 6 aliphatic heterocycles. The summed E-state index contributed by atoms with van der Waals surface area (Å²) in [6.45, 7) is 31.4. The molecule has 6 rings (SSSR count). The first-order valence-electron chi connectivity index (χ1n) is 10.9. The molecule has 198 valence electrons. The van der Waals surface area contributed by atoms with E-state index in [2.05, 4.69) is 52.6 Å². The summed E-state index contributed by atoms with van der Waals surface area (Å²) in [5, 5.41) is 0. The van der Waals surface area contributed by atoms with Crippen LogP contribution in [0.4, 0.5) is 0 Å². The topological polar surface area (TPSA) is 111 Å². The van der Waals surface area contributed by atoms with Crippen molar-refractivity contribution in [1.29, 1.82) is 0 Å². The van der Waals surface area contributed by atoms with Gasteiger partial charge in [-0.15, -0.1) is 46.1 Å². The van der Waals surface area contributed by atoms with Crippen LogP contribution in [0, 0.1) is 0 Å². The first-order valence-corrected chi connectivity index (χ1v) is 25.6. The molecule has 0 N–H and O–H groups in total. The van der Waals surface area contributed by atoms with Gasteiger partial charge in [0.2, 0.25) is 0 Å². The normalized spacial score (nSPS) is 52.1. The summed E-state index contributed by atoms with van der Waals surface area (Å²) in [7, 11) is -32.4. The molecule has 0 amide bonds. The third-order valence-corrected chi connectivity index (χ3v) is 36.8. The smallest absolute Gasteiger partial charge is 0.387 e. The van der Waals surface area contributed by atoms with Crippen molar-refractivity contribution in [2.45, 2.75) is 0 Å². The Balaban J connectivity index is 1.94. The fourth-order valence-electron chi connectivity index (χ4n) is 4.04. The summed E-state index contributed by atoms with van der Waals surface area (Å²) in [6.07, 6.45) is -0.184. The van der Waals surface area contributed by atoms with E-state index in [0.29, 0.717) is 0 Å². The van der Waals surface area contributed by atoms with E-state index in [1.165, 1.54) is 45.6 Å². The molecule has 6 saturated heterocycles. The monoisotopic (exact) mass is 646 g/mol. The van der Waals surface area contributed by atoms with Gasteiger partial charge in [0.1, 0.15) is 0 Å². The molecule has 4 atom stereocenters. The summed E-state index contributed by atoms with van der Waals surface area (Å²) in [4.78, 5) is 0. The second kappa shape index (κ2) is 8.84. The molecule has 6 heterocycles. The quantitative estimate of drug-likeness (QED) is 0.357. The molecular weight excluding hydrogens is 621 g/mol. The summed E-state index contributed by atoms with van der Waals surface area (Å²) in [5.41, 5.74) is 11.2. The summed E-state index contributed by atoms with van der Waals surface area (Å²) in [6, 6.07) is 0. The molecule has 20 heteroatoms. The van der Waals surface area contributed by atoms with Crippen LogP contribution < -0.4 is 0 Å². The predicted molar refractivity (Wildman–Crippen MR) is 145 cm³/mol. The van der Waals surface area contributed by atoms with Crippen LogP contribution in [0.5, 0.6) is 0 Å². The minimum absolute atomic E-state index is 0.184. The van der Waals surface area contributed by atoms with Gasteiger partial charge >= 0.3 is 70.2 Å². The molecule has 37 heavy (non-hydrogen) atoms. The standard InChI is InChI=1S/C17H26O12Si8/c1-9-30-17-18-31(10-2)21-34(13-5)23-32(11-3,19-30)25-36(15-7)26-33(12-4,20-30)24-35(14-6,22-31)28-37(16-8,27-34)29-36/h9-16H,1-8,17H2. The first-order chi connectivity index (χ1) is 17.5.